The Balaban J connectivity index is 1.75. The molecule has 1 N–H and O–H groups in total. The van der Waals surface area contributed by atoms with Gasteiger partial charge >= 0.3 is 0 Å². The molecule has 1 aliphatic heterocycles. The van der Waals surface area contributed by atoms with E-state index in [1.807, 2.05) is 63.2 Å². The lowest BCUT2D eigenvalue weighted by Crippen LogP contribution is -2.54. The number of aryl methyl sites for hydroxylation is 2. The number of rotatable bonds is 3. The highest BCUT2D eigenvalue weighted by Gasteiger charge is 2.34. The summed E-state index contributed by atoms with van der Waals surface area (Å²) in [6, 6.07) is 16.8. The molecule has 2 aromatic carbocycles. The van der Waals surface area contributed by atoms with Gasteiger partial charge in [0.05, 0.1) is 5.69 Å². The van der Waals surface area contributed by atoms with Crippen LogP contribution in [0.15, 0.2) is 60.2 Å². The molecule has 0 spiro atoms. The number of aromatic nitrogens is 1. The number of thiocarbonyl (C=S) groups is 1. The Labute approximate surface area is 190 Å². The van der Waals surface area contributed by atoms with E-state index in [9.17, 15) is 9.59 Å². The Kier molecular flexibility index (Phi) is 5.52. The van der Waals surface area contributed by atoms with Crippen molar-refractivity contribution in [3.05, 3.63) is 87.7 Å². The molecule has 1 fully saturated rings. The molecular formula is C24H20ClN3O2S. The summed E-state index contributed by atoms with van der Waals surface area (Å²) in [5.41, 5.74) is 5.31. The molecule has 0 saturated carbocycles. The lowest BCUT2D eigenvalue weighted by Gasteiger charge is -2.29. The predicted molar refractivity (Wildman–Crippen MR) is 128 cm³/mol. The van der Waals surface area contributed by atoms with Crippen LogP contribution in [0.2, 0.25) is 5.02 Å². The molecule has 2 amide bonds. The van der Waals surface area contributed by atoms with E-state index in [4.69, 9.17) is 23.8 Å². The smallest absolute Gasteiger partial charge is 0.270 e. The van der Waals surface area contributed by atoms with Crippen LogP contribution in [0.3, 0.4) is 0 Å². The fourth-order valence-corrected chi connectivity index (χ4v) is 4.07. The monoisotopic (exact) mass is 449 g/mol. The average Bonchev–Trinajstić information content (AvgIpc) is 3.00. The maximum atomic E-state index is 13.2. The lowest BCUT2D eigenvalue weighted by atomic mass is 10.1. The molecular weight excluding hydrogens is 430 g/mol. The van der Waals surface area contributed by atoms with E-state index in [2.05, 4.69) is 9.88 Å². The van der Waals surface area contributed by atoms with Crippen LogP contribution in [0.5, 0.6) is 0 Å². The highest BCUT2D eigenvalue weighted by atomic mass is 35.5. The van der Waals surface area contributed by atoms with Gasteiger partial charge in [-0.15, -0.1) is 0 Å². The van der Waals surface area contributed by atoms with Crippen molar-refractivity contribution in [2.45, 2.75) is 20.8 Å². The van der Waals surface area contributed by atoms with E-state index in [1.54, 1.807) is 18.2 Å². The zero-order valence-electron chi connectivity index (χ0n) is 17.3. The molecule has 1 aromatic heterocycles. The summed E-state index contributed by atoms with van der Waals surface area (Å²) in [6.07, 6.45) is 1.62. The van der Waals surface area contributed by atoms with Crippen LogP contribution in [0.25, 0.3) is 11.8 Å². The van der Waals surface area contributed by atoms with Crippen LogP contribution in [0.4, 0.5) is 5.69 Å². The molecule has 0 unspecified atom stereocenters. The number of hydrogen-bond acceptors (Lipinski definition) is 3. The summed E-state index contributed by atoms with van der Waals surface area (Å²) in [6.45, 7) is 5.88. The van der Waals surface area contributed by atoms with Gasteiger partial charge in [0.15, 0.2) is 5.11 Å². The summed E-state index contributed by atoms with van der Waals surface area (Å²) in [5.74, 6) is -0.955. The molecule has 1 aliphatic rings. The lowest BCUT2D eigenvalue weighted by molar-refractivity contribution is -0.122. The van der Waals surface area contributed by atoms with E-state index in [1.165, 1.54) is 4.90 Å². The van der Waals surface area contributed by atoms with Crippen LogP contribution in [-0.4, -0.2) is 21.5 Å². The maximum absolute atomic E-state index is 13.2. The average molecular weight is 450 g/mol. The van der Waals surface area contributed by atoms with Crippen molar-refractivity contribution in [2.75, 3.05) is 4.90 Å². The Hall–Kier alpha value is -3.22. The highest BCUT2D eigenvalue weighted by Crippen LogP contribution is 2.26. The van der Waals surface area contributed by atoms with E-state index in [0.717, 1.165) is 28.2 Å². The standard InChI is InChI=1S/C24H20ClN3O2S/c1-14-4-8-20(9-5-14)28-23(30)21(22(29)26-24(28)31)13-17-12-15(2)27(16(17)3)19-10-6-18(25)7-11-19/h4-13H,1-3H3,(H,26,29,31). The normalized spacial score (nSPS) is 15.5. The van der Waals surface area contributed by atoms with Gasteiger partial charge < -0.3 is 4.57 Å². The number of carbonyl (C=O) groups excluding carboxylic acids is 2. The quantitative estimate of drug-likeness (QED) is 0.352. The van der Waals surface area contributed by atoms with Crippen LogP contribution in [0.1, 0.15) is 22.5 Å². The first kappa shape index (κ1) is 21.0. The first-order valence-electron chi connectivity index (χ1n) is 9.69. The summed E-state index contributed by atoms with van der Waals surface area (Å²) in [5, 5.41) is 3.36. The minimum atomic E-state index is -0.505. The Morgan fingerprint density at radius 2 is 1.55 bits per heavy atom. The summed E-state index contributed by atoms with van der Waals surface area (Å²) in [4.78, 5) is 27.2. The topological polar surface area (TPSA) is 54.3 Å². The van der Waals surface area contributed by atoms with Gasteiger partial charge in [0.1, 0.15) is 5.57 Å². The number of nitrogens with one attached hydrogen (secondary N) is 1. The van der Waals surface area contributed by atoms with Gasteiger partial charge in [-0.05, 0) is 87.1 Å². The van der Waals surface area contributed by atoms with Gasteiger partial charge in [0, 0.05) is 22.1 Å². The molecule has 31 heavy (non-hydrogen) atoms. The van der Waals surface area contributed by atoms with E-state index >= 15 is 0 Å². The molecule has 0 radical (unpaired) electrons. The van der Waals surface area contributed by atoms with Crippen molar-refractivity contribution in [1.82, 2.24) is 9.88 Å². The van der Waals surface area contributed by atoms with Crippen molar-refractivity contribution in [3.8, 4) is 5.69 Å². The molecule has 0 aliphatic carbocycles. The molecule has 0 bridgehead atoms. The second-order valence-corrected chi connectivity index (χ2v) is 8.25. The van der Waals surface area contributed by atoms with E-state index < -0.39 is 11.8 Å². The Bertz CT molecular complexity index is 1240. The largest absolute Gasteiger partial charge is 0.318 e. The Morgan fingerprint density at radius 3 is 2.19 bits per heavy atom. The molecule has 4 rings (SSSR count). The van der Waals surface area contributed by atoms with Crippen molar-refractivity contribution in [1.29, 1.82) is 0 Å². The Morgan fingerprint density at radius 1 is 0.935 bits per heavy atom. The molecule has 5 nitrogen and oxygen atoms in total. The van der Waals surface area contributed by atoms with Crippen LogP contribution >= 0.6 is 23.8 Å². The van der Waals surface area contributed by atoms with Gasteiger partial charge in [-0.1, -0.05) is 29.3 Å². The second kappa shape index (κ2) is 8.13. The van der Waals surface area contributed by atoms with Gasteiger partial charge in [-0.25, -0.2) is 0 Å². The zero-order chi connectivity index (χ0) is 22.3. The van der Waals surface area contributed by atoms with Crippen molar-refractivity contribution in [2.24, 2.45) is 0 Å². The number of hydrogen-bond donors (Lipinski definition) is 1. The second-order valence-electron chi connectivity index (χ2n) is 7.43. The number of anilines is 1. The fourth-order valence-electron chi connectivity index (χ4n) is 3.66. The minimum absolute atomic E-state index is 0.0329. The van der Waals surface area contributed by atoms with Crippen LogP contribution in [-0.2, 0) is 9.59 Å². The molecule has 156 valence electrons. The summed E-state index contributed by atoms with van der Waals surface area (Å²) in [7, 11) is 0. The highest BCUT2D eigenvalue weighted by molar-refractivity contribution is 7.80. The molecule has 3 aromatic rings. The van der Waals surface area contributed by atoms with Gasteiger partial charge in [-0.2, -0.15) is 0 Å². The predicted octanol–water partition coefficient (Wildman–Crippen LogP) is 4.89. The maximum Gasteiger partial charge on any atom is 0.270 e. The summed E-state index contributed by atoms with van der Waals surface area (Å²) >= 11 is 11.3. The van der Waals surface area contributed by atoms with Crippen molar-refractivity contribution in [3.63, 3.8) is 0 Å². The van der Waals surface area contributed by atoms with Gasteiger partial charge in [0.2, 0.25) is 0 Å². The third kappa shape index (κ3) is 3.92. The molecule has 0 atom stereocenters. The molecule has 2 heterocycles. The SMILES string of the molecule is Cc1ccc(N2C(=O)C(=Cc3cc(C)n(-c4ccc(Cl)cc4)c3C)C(=O)NC2=S)cc1. The third-order valence-electron chi connectivity index (χ3n) is 5.25. The number of halogens is 1. The van der Waals surface area contributed by atoms with E-state index in [-0.39, 0.29) is 10.7 Å². The fraction of sp³-hybridized carbons (Fsp3) is 0.125. The number of nitrogens with zero attached hydrogens (tertiary/aromatic N) is 2. The third-order valence-corrected chi connectivity index (χ3v) is 5.79. The first-order valence-corrected chi connectivity index (χ1v) is 10.5. The first-order chi connectivity index (χ1) is 14.8. The number of carbonyl (C=O) groups is 2. The minimum Gasteiger partial charge on any atom is -0.318 e. The van der Waals surface area contributed by atoms with Gasteiger partial charge in [0.25, 0.3) is 11.8 Å². The number of benzene rings is 2. The molecule has 7 heteroatoms. The number of amides is 2. The molecule has 1 saturated heterocycles. The van der Waals surface area contributed by atoms with Crippen molar-refractivity contribution >= 4 is 52.5 Å². The van der Waals surface area contributed by atoms with Crippen LogP contribution < -0.4 is 10.2 Å². The van der Waals surface area contributed by atoms with Crippen LogP contribution in [0, 0.1) is 20.8 Å². The van der Waals surface area contributed by atoms with E-state index in [0.29, 0.717) is 10.7 Å². The van der Waals surface area contributed by atoms with Gasteiger partial charge in [-0.3, -0.25) is 19.8 Å². The summed E-state index contributed by atoms with van der Waals surface area (Å²) < 4.78 is 2.05. The zero-order valence-corrected chi connectivity index (χ0v) is 18.8. The van der Waals surface area contributed by atoms with Crippen molar-refractivity contribution < 1.29 is 9.59 Å².